The SMILES string of the molecule is COc1ccc([C@@H]2[C@@H]3CN(Cc4ccc(Cl)cn4)C[C@@H]3CN2C)cc1.Cl. The first-order valence-corrected chi connectivity index (χ1v) is 9.19. The van der Waals surface area contributed by atoms with Crippen LogP contribution in [-0.2, 0) is 6.54 Å². The maximum Gasteiger partial charge on any atom is 0.118 e. The van der Waals surface area contributed by atoms with E-state index in [2.05, 4.69) is 46.1 Å². The Bertz CT molecular complexity index is 723. The van der Waals surface area contributed by atoms with Crippen LogP contribution < -0.4 is 4.74 Å². The van der Waals surface area contributed by atoms with Gasteiger partial charge in [-0.05, 0) is 48.7 Å². The van der Waals surface area contributed by atoms with Crippen LogP contribution in [0, 0.1) is 11.8 Å². The summed E-state index contributed by atoms with van der Waals surface area (Å²) in [5.74, 6) is 2.32. The van der Waals surface area contributed by atoms with Gasteiger partial charge in [-0.15, -0.1) is 12.4 Å². The quantitative estimate of drug-likeness (QED) is 0.787. The second-order valence-electron chi connectivity index (χ2n) is 7.24. The van der Waals surface area contributed by atoms with Crippen LogP contribution in [-0.4, -0.2) is 48.6 Å². The van der Waals surface area contributed by atoms with Crippen LogP contribution in [0.25, 0.3) is 0 Å². The van der Waals surface area contributed by atoms with Crippen molar-refractivity contribution < 1.29 is 4.74 Å². The Kier molecular flexibility index (Phi) is 6.08. The third-order valence-electron chi connectivity index (χ3n) is 5.60. The van der Waals surface area contributed by atoms with Gasteiger partial charge in [0.2, 0.25) is 0 Å². The summed E-state index contributed by atoms with van der Waals surface area (Å²) < 4.78 is 5.30. The van der Waals surface area contributed by atoms with Gasteiger partial charge in [-0.2, -0.15) is 0 Å². The molecule has 0 amide bonds. The highest BCUT2D eigenvalue weighted by atomic mass is 35.5. The largest absolute Gasteiger partial charge is 0.497 e. The molecule has 26 heavy (non-hydrogen) atoms. The highest BCUT2D eigenvalue weighted by Crippen LogP contribution is 2.44. The molecule has 3 atom stereocenters. The van der Waals surface area contributed by atoms with Gasteiger partial charge in [0.15, 0.2) is 0 Å². The van der Waals surface area contributed by atoms with E-state index in [9.17, 15) is 0 Å². The monoisotopic (exact) mass is 393 g/mol. The van der Waals surface area contributed by atoms with Crippen molar-refractivity contribution in [1.82, 2.24) is 14.8 Å². The Morgan fingerprint density at radius 1 is 1.12 bits per heavy atom. The van der Waals surface area contributed by atoms with Gasteiger partial charge in [0.05, 0.1) is 17.8 Å². The summed E-state index contributed by atoms with van der Waals surface area (Å²) in [5, 5.41) is 0.697. The number of methoxy groups -OCH3 is 1. The Labute approximate surface area is 166 Å². The Morgan fingerprint density at radius 2 is 1.88 bits per heavy atom. The average Bonchev–Trinajstić information content (AvgIpc) is 3.13. The summed E-state index contributed by atoms with van der Waals surface area (Å²) in [7, 11) is 3.96. The van der Waals surface area contributed by atoms with E-state index in [1.54, 1.807) is 13.3 Å². The van der Waals surface area contributed by atoms with E-state index in [0.717, 1.165) is 43.5 Å². The second kappa shape index (κ2) is 8.13. The number of ether oxygens (including phenoxy) is 1. The van der Waals surface area contributed by atoms with Crippen LogP contribution in [0.4, 0.5) is 0 Å². The fourth-order valence-corrected chi connectivity index (χ4v) is 4.62. The maximum atomic E-state index is 5.94. The third-order valence-corrected chi connectivity index (χ3v) is 5.83. The van der Waals surface area contributed by atoms with E-state index < -0.39 is 0 Å². The van der Waals surface area contributed by atoms with Crippen molar-refractivity contribution in [3.05, 3.63) is 58.9 Å². The number of benzene rings is 1. The molecule has 0 spiro atoms. The van der Waals surface area contributed by atoms with Crippen LogP contribution in [0.15, 0.2) is 42.6 Å². The van der Waals surface area contributed by atoms with Crippen molar-refractivity contribution in [3.63, 3.8) is 0 Å². The minimum absolute atomic E-state index is 0. The van der Waals surface area contributed by atoms with Gasteiger partial charge in [0.1, 0.15) is 5.75 Å². The molecule has 1 aromatic carbocycles. The van der Waals surface area contributed by atoms with Crippen LogP contribution in [0.2, 0.25) is 5.02 Å². The van der Waals surface area contributed by atoms with Gasteiger partial charge in [-0.3, -0.25) is 14.8 Å². The minimum Gasteiger partial charge on any atom is -0.497 e. The van der Waals surface area contributed by atoms with E-state index in [1.807, 2.05) is 12.1 Å². The Morgan fingerprint density at radius 3 is 2.54 bits per heavy atom. The van der Waals surface area contributed by atoms with E-state index in [1.165, 1.54) is 5.56 Å². The van der Waals surface area contributed by atoms with Crippen LogP contribution in [0.5, 0.6) is 5.75 Å². The predicted molar refractivity (Wildman–Crippen MR) is 107 cm³/mol. The first kappa shape index (κ1) is 19.4. The molecule has 1 aromatic heterocycles. The molecule has 4 nitrogen and oxygen atoms in total. The molecule has 2 aliphatic rings. The first-order chi connectivity index (χ1) is 12.1. The second-order valence-corrected chi connectivity index (χ2v) is 7.68. The predicted octanol–water partition coefficient (Wildman–Crippen LogP) is 3.90. The number of hydrogen-bond acceptors (Lipinski definition) is 4. The van der Waals surface area contributed by atoms with Crippen LogP contribution in [0.1, 0.15) is 17.3 Å². The normalized spacial score (nSPS) is 25.7. The Balaban J connectivity index is 0.00000196. The molecule has 0 aliphatic carbocycles. The summed E-state index contributed by atoms with van der Waals surface area (Å²) in [6.07, 6.45) is 1.74. The van der Waals surface area contributed by atoms with Crippen molar-refractivity contribution in [2.24, 2.45) is 11.8 Å². The van der Waals surface area contributed by atoms with Crippen LogP contribution >= 0.6 is 24.0 Å². The number of hydrogen-bond donors (Lipinski definition) is 0. The smallest absolute Gasteiger partial charge is 0.118 e. The summed E-state index contributed by atoms with van der Waals surface area (Å²) in [5.41, 5.74) is 2.49. The standard InChI is InChI=1S/C20H24ClN3O.ClH/c1-23-10-15-11-24(12-17-6-5-16(21)9-22-17)13-19(15)20(23)14-3-7-18(25-2)8-4-14;/h3-9,15,19-20H,10-13H2,1-2H3;1H/t15-,19+,20+;/m0./s1. The minimum atomic E-state index is 0. The fraction of sp³-hybridized carbons (Fsp3) is 0.450. The van der Waals surface area contributed by atoms with E-state index in [-0.39, 0.29) is 12.4 Å². The van der Waals surface area contributed by atoms with Crippen molar-refractivity contribution in [1.29, 1.82) is 0 Å². The highest BCUT2D eigenvalue weighted by Gasteiger charge is 2.45. The van der Waals surface area contributed by atoms with Crippen molar-refractivity contribution in [2.45, 2.75) is 12.6 Å². The topological polar surface area (TPSA) is 28.6 Å². The molecule has 2 fully saturated rings. The number of fused-ring (bicyclic) bond motifs is 1. The number of nitrogens with zero attached hydrogens (tertiary/aromatic N) is 3. The van der Waals surface area contributed by atoms with Gasteiger partial charge < -0.3 is 4.74 Å². The molecule has 3 heterocycles. The van der Waals surface area contributed by atoms with E-state index in [0.29, 0.717) is 17.0 Å². The molecule has 2 aliphatic heterocycles. The number of likely N-dealkylation sites (tertiary alicyclic amines) is 2. The lowest BCUT2D eigenvalue weighted by molar-refractivity contribution is 0.223. The summed E-state index contributed by atoms with van der Waals surface area (Å²) >= 11 is 5.94. The molecule has 4 rings (SSSR count). The van der Waals surface area contributed by atoms with Gasteiger partial charge in [-0.25, -0.2) is 0 Å². The molecule has 2 aromatic rings. The number of halogens is 2. The molecular weight excluding hydrogens is 369 g/mol. The lowest BCUT2D eigenvalue weighted by Gasteiger charge is -2.27. The number of aromatic nitrogens is 1. The van der Waals surface area contributed by atoms with Gasteiger partial charge >= 0.3 is 0 Å². The molecule has 0 radical (unpaired) electrons. The Hall–Kier alpha value is -1.33. The maximum absolute atomic E-state index is 5.94. The highest BCUT2D eigenvalue weighted by molar-refractivity contribution is 6.30. The first-order valence-electron chi connectivity index (χ1n) is 8.81. The van der Waals surface area contributed by atoms with Gasteiger partial charge in [0.25, 0.3) is 0 Å². The average molecular weight is 394 g/mol. The van der Waals surface area contributed by atoms with Crippen molar-refractivity contribution in [3.8, 4) is 5.75 Å². The molecule has 0 N–H and O–H groups in total. The zero-order valence-corrected chi connectivity index (χ0v) is 16.7. The molecule has 0 saturated carbocycles. The molecule has 140 valence electrons. The lowest BCUT2D eigenvalue weighted by atomic mass is 9.89. The van der Waals surface area contributed by atoms with Crippen molar-refractivity contribution in [2.75, 3.05) is 33.8 Å². The molecule has 0 bridgehead atoms. The zero-order chi connectivity index (χ0) is 17.4. The number of rotatable bonds is 4. The molecule has 2 saturated heterocycles. The van der Waals surface area contributed by atoms with Gasteiger partial charge in [-0.1, -0.05) is 23.7 Å². The summed E-state index contributed by atoms with van der Waals surface area (Å²) in [4.78, 5) is 9.49. The molecule has 0 unspecified atom stereocenters. The molecule has 6 heteroatoms. The van der Waals surface area contributed by atoms with E-state index >= 15 is 0 Å². The summed E-state index contributed by atoms with van der Waals surface area (Å²) in [6, 6.07) is 13.0. The lowest BCUT2D eigenvalue weighted by Crippen LogP contribution is -2.29. The zero-order valence-electron chi connectivity index (χ0n) is 15.1. The molecular formula is C20H25Cl2N3O. The van der Waals surface area contributed by atoms with E-state index in [4.69, 9.17) is 16.3 Å². The number of pyridine rings is 1. The third kappa shape index (κ3) is 3.84. The van der Waals surface area contributed by atoms with Crippen molar-refractivity contribution >= 4 is 24.0 Å². The summed E-state index contributed by atoms with van der Waals surface area (Å²) in [6.45, 7) is 4.33. The van der Waals surface area contributed by atoms with Crippen LogP contribution in [0.3, 0.4) is 0 Å². The van der Waals surface area contributed by atoms with Gasteiger partial charge in [0, 0.05) is 38.4 Å². The fourth-order valence-electron chi connectivity index (χ4n) is 4.51.